The molecule has 15 heavy (non-hydrogen) atoms. The van der Waals surface area contributed by atoms with Crippen molar-refractivity contribution in [2.24, 2.45) is 0 Å². The predicted molar refractivity (Wildman–Crippen MR) is 65.6 cm³/mol. The standard InChI is InChI=1S/C9H13BrN2O2S/c1-7-8(10)9(13)12(6-11-7)2-3-14-4-5-15/h6,15H,2-5H2,1H3. The van der Waals surface area contributed by atoms with E-state index in [-0.39, 0.29) is 5.56 Å². The van der Waals surface area contributed by atoms with Crippen LogP contribution in [0.4, 0.5) is 0 Å². The Morgan fingerprint density at radius 1 is 1.60 bits per heavy atom. The van der Waals surface area contributed by atoms with Gasteiger partial charge in [-0.15, -0.1) is 0 Å². The van der Waals surface area contributed by atoms with Gasteiger partial charge in [0.25, 0.3) is 5.56 Å². The van der Waals surface area contributed by atoms with Crippen molar-refractivity contribution < 1.29 is 4.74 Å². The van der Waals surface area contributed by atoms with Crippen LogP contribution < -0.4 is 5.56 Å². The summed E-state index contributed by atoms with van der Waals surface area (Å²) in [6.07, 6.45) is 1.53. The van der Waals surface area contributed by atoms with Crippen molar-refractivity contribution in [3.63, 3.8) is 0 Å². The quantitative estimate of drug-likeness (QED) is 0.656. The topological polar surface area (TPSA) is 44.1 Å². The molecule has 0 aromatic carbocycles. The average molecular weight is 293 g/mol. The first kappa shape index (κ1) is 12.7. The van der Waals surface area contributed by atoms with Crippen LogP contribution in [0.15, 0.2) is 15.6 Å². The van der Waals surface area contributed by atoms with Gasteiger partial charge in [-0.05, 0) is 22.9 Å². The Kier molecular flexibility index (Phi) is 5.35. The Bertz CT molecular complexity index is 381. The molecule has 1 heterocycles. The lowest BCUT2D eigenvalue weighted by Gasteiger charge is -2.06. The fourth-order valence-corrected chi connectivity index (χ4v) is 1.49. The van der Waals surface area contributed by atoms with Gasteiger partial charge in [0.15, 0.2) is 0 Å². The lowest BCUT2D eigenvalue weighted by molar-refractivity contribution is 0.140. The SMILES string of the molecule is Cc1ncn(CCOCCS)c(=O)c1Br. The summed E-state index contributed by atoms with van der Waals surface area (Å²) in [5.74, 6) is 0.685. The maximum atomic E-state index is 11.7. The number of hydrogen-bond acceptors (Lipinski definition) is 4. The van der Waals surface area contributed by atoms with Gasteiger partial charge in [-0.25, -0.2) is 4.98 Å². The zero-order chi connectivity index (χ0) is 11.3. The van der Waals surface area contributed by atoms with Gasteiger partial charge in [0.2, 0.25) is 0 Å². The molecule has 0 aliphatic rings. The first-order chi connectivity index (χ1) is 7.16. The van der Waals surface area contributed by atoms with Crippen LogP contribution >= 0.6 is 28.6 Å². The van der Waals surface area contributed by atoms with Crippen LogP contribution in [0.5, 0.6) is 0 Å². The molecule has 0 N–H and O–H groups in total. The van der Waals surface area contributed by atoms with Gasteiger partial charge >= 0.3 is 0 Å². The van der Waals surface area contributed by atoms with Crippen molar-refractivity contribution in [3.8, 4) is 0 Å². The Hall–Kier alpha value is -0.330. The largest absolute Gasteiger partial charge is 0.379 e. The molecule has 1 aromatic rings. The van der Waals surface area contributed by atoms with E-state index in [1.54, 1.807) is 6.92 Å². The average Bonchev–Trinajstić information content (AvgIpc) is 2.24. The van der Waals surface area contributed by atoms with E-state index in [9.17, 15) is 4.79 Å². The maximum Gasteiger partial charge on any atom is 0.267 e. The summed E-state index contributed by atoms with van der Waals surface area (Å²) < 4.78 is 7.27. The fourth-order valence-electron chi connectivity index (χ4n) is 1.04. The van der Waals surface area contributed by atoms with Gasteiger partial charge in [0, 0.05) is 5.75 Å². The van der Waals surface area contributed by atoms with Crippen LogP contribution in [-0.2, 0) is 11.3 Å². The monoisotopic (exact) mass is 292 g/mol. The number of ether oxygens (including phenoxy) is 1. The summed E-state index contributed by atoms with van der Waals surface area (Å²) in [5, 5.41) is 0. The summed E-state index contributed by atoms with van der Waals surface area (Å²) in [7, 11) is 0. The molecule has 0 saturated heterocycles. The molecular formula is C9H13BrN2O2S. The van der Waals surface area contributed by atoms with E-state index in [1.165, 1.54) is 10.9 Å². The number of halogens is 1. The number of hydrogen-bond donors (Lipinski definition) is 1. The van der Waals surface area contributed by atoms with Crippen LogP contribution in [0.1, 0.15) is 5.69 Å². The van der Waals surface area contributed by atoms with Crippen LogP contribution in [0.2, 0.25) is 0 Å². The summed E-state index contributed by atoms with van der Waals surface area (Å²) in [6.45, 7) is 3.39. The fraction of sp³-hybridized carbons (Fsp3) is 0.556. The molecule has 4 nitrogen and oxygen atoms in total. The minimum atomic E-state index is -0.0722. The predicted octanol–water partition coefficient (Wildman–Crippen LogP) is 1.26. The maximum absolute atomic E-state index is 11.7. The first-order valence-electron chi connectivity index (χ1n) is 4.57. The molecule has 0 saturated carbocycles. The van der Waals surface area contributed by atoms with E-state index in [2.05, 4.69) is 33.5 Å². The molecular weight excluding hydrogens is 280 g/mol. The lowest BCUT2D eigenvalue weighted by Crippen LogP contribution is -2.24. The summed E-state index contributed by atoms with van der Waals surface area (Å²) in [4.78, 5) is 15.7. The van der Waals surface area contributed by atoms with E-state index in [1.807, 2.05) is 0 Å². The molecule has 0 unspecified atom stereocenters. The third kappa shape index (κ3) is 3.62. The smallest absolute Gasteiger partial charge is 0.267 e. The van der Waals surface area contributed by atoms with Crippen molar-refractivity contribution in [1.82, 2.24) is 9.55 Å². The van der Waals surface area contributed by atoms with Gasteiger partial charge in [-0.1, -0.05) is 0 Å². The van der Waals surface area contributed by atoms with Gasteiger partial charge in [-0.3, -0.25) is 9.36 Å². The summed E-state index contributed by atoms with van der Waals surface area (Å²) >= 11 is 7.22. The Balaban J connectivity index is 2.63. The van der Waals surface area contributed by atoms with Gasteiger partial charge in [0.05, 0.1) is 31.8 Å². The molecule has 1 rings (SSSR count). The van der Waals surface area contributed by atoms with Crippen LogP contribution in [0.25, 0.3) is 0 Å². The third-order valence-electron chi connectivity index (χ3n) is 1.87. The van der Waals surface area contributed by atoms with E-state index >= 15 is 0 Å². The third-order valence-corrected chi connectivity index (χ3v) is 2.96. The van der Waals surface area contributed by atoms with Crippen LogP contribution in [0, 0.1) is 6.92 Å². The molecule has 0 aliphatic heterocycles. The zero-order valence-electron chi connectivity index (χ0n) is 8.44. The number of thiol groups is 1. The molecule has 0 aliphatic carbocycles. The van der Waals surface area contributed by atoms with Gasteiger partial charge in [-0.2, -0.15) is 12.6 Å². The van der Waals surface area contributed by atoms with Crippen molar-refractivity contribution in [2.45, 2.75) is 13.5 Å². The molecule has 0 radical (unpaired) electrons. The minimum Gasteiger partial charge on any atom is -0.379 e. The molecule has 0 bridgehead atoms. The molecule has 6 heteroatoms. The summed E-state index contributed by atoms with van der Waals surface area (Å²) in [6, 6.07) is 0. The van der Waals surface area contributed by atoms with Crippen LogP contribution in [-0.4, -0.2) is 28.5 Å². The summed E-state index contributed by atoms with van der Waals surface area (Å²) in [5.41, 5.74) is 0.629. The Labute approximate surface area is 102 Å². The van der Waals surface area contributed by atoms with E-state index < -0.39 is 0 Å². The second kappa shape index (κ2) is 6.30. The van der Waals surface area contributed by atoms with E-state index in [0.29, 0.717) is 35.7 Å². The Morgan fingerprint density at radius 2 is 2.33 bits per heavy atom. The van der Waals surface area contributed by atoms with Crippen molar-refractivity contribution in [2.75, 3.05) is 19.0 Å². The highest BCUT2D eigenvalue weighted by Gasteiger charge is 2.04. The molecule has 0 atom stereocenters. The van der Waals surface area contributed by atoms with Crippen molar-refractivity contribution >= 4 is 28.6 Å². The highest BCUT2D eigenvalue weighted by atomic mass is 79.9. The highest BCUT2D eigenvalue weighted by Crippen LogP contribution is 2.05. The number of nitrogens with zero attached hydrogens (tertiary/aromatic N) is 2. The minimum absolute atomic E-state index is 0.0722. The number of aromatic nitrogens is 2. The van der Waals surface area contributed by atoms with E-state index in [4.69, 9.17) is 4.74 Å². The number of aryl methyl sites for hydroxylation is 1. The molecule has 0 spiro atoms. The lowest BCUT2D eigenvalue weighted by atomic mass is 10.4. The molecule has 0 fully saturated rings. The second-order valence-corrected chi connectivity index (χ2v) is 4.22. The normalized spacial score (nSPS) is 10.6. The number of rotatable bonds is 5. The molecule has 0 amide bonds. The zero-order valence-corrected chi connectivity index (χ0v) is 10.9. The van der Waals surface area contributed by atoms with Crippen molar-refractivity contribution in [3.05, 3.63) is 26.8 Å². The first-order valence-corrected chi connectivity index (χ1v) is 5.99. The Morgan fingerprint density at radius 3 is 3.00 bits per heavy atom. The van der Waals surface area contributed by atoms with Gasteiger partial charge < -0.3 is 4.74 Å². The van der Waals surface area contributed by atoms with E-state index in [0.717, 1.165) is 0 Å². The highest BCUT2D eigenvalue weighted by molar-refractivity contribution is 9.10. The molecule has 1 aromatic heterocycles. The van der Waals surface area contributed by atoms with Crippen molar-refractivity contribution in [1.29, 1.82) is 0 Å². The second-order valence-electron chi connectivity index (χ2n) is 2.98. The van der Waals surface area contributed by atoms with Crippen LogP contribution in [0.3, 0.4) is 0 Å². The van der Waals surface area contributed by atoms with Gasteiger partial charge in [0.1, 0.15) is 4.47 Å². The molecule has 84 valence electrons.